The van der Waals surface area contributed by atoms with Crippen LogP contribution in [0.3, 0.4) is 0 Å². The number of rotatable bonds is 7. The summed E-state index contributed by atoms with van der Waals surface area (Å²) in [6, 6.07) is 16.2. The monoisotopic (exact) mass is 422 g/mol. The van der Waals surface area contributed by atoms with Crippen molar-refractivity contribution in [3.8, 4) is 5.69 Å². The first-order valence-corrected chi connectivity index (χ1v) is 11.2. The topological polar surface area (TPSA) is 52.7 Å². The molecular formula is C22H22N4OS2. The SMILES string of the molecule is Cc1cc(C(=O)CSc2nnc(C)n2-c2ccccc2)c(C)n1Cc1cccs1. The van der Waals surface area contributed by atoms with Crippen molar-refractivity contribution < 1.29 is 4.79 Å². The molecule has 4 rings (SSSR count). The third-order valence-electron chi connectivity index (χ3n) is 4.91. The number of hydrogen-bond donors (Lipinski definition) is 0. The van der Waals surface area contributed by atoms with Gasteiger partial charge in [0, 0.05) is 27.5 Å². The van der Waals surface area contributed by atoms with Gasteiger partial charge in [-0.1, -0.05) is 36.0 Å². The lowest BCUT2D eigenvalue weighted by Crippen LogP contribution is -2.08. The Kier molecular flexibility index (Phi) is 5.69. The highest BCUT2D eigenvalue weighted by atomic mass is 32.2. The van der Waals surface area contributed by atoms with Crippen LogP contribution in [0, 0.1) is 20.8 Å². The van der Waals surface area contributed by atoms with Crippen LogP contribution in [0.2, 0.25) is 0 Å². The van der Waals surface area contributed by atoms with Gasteiger partial charge in [0.25, 0.3) is 0 Å². The fourth-order valence-electron chi connectivity index (χ4n) is 3.40. The number of carbonyl (C=O) groups is 1. The van der Waals surface area contributed by atoms with Crippen LogP contribution in [-0.4, -0.2) is 30.9 Å². The third kappa shape index (κ3) is 4.06. The second kappa shape index (κ2) is 8.39. The molecule has 0 unspecified atom stereocenters. The van der Waals surface area contributed by atoms with Crippen molar-refractivity contribution in [2.45, 2.75) is 32.5 Å². The Labute approximate surface area is 178 Å². The summed E-state index contributed by atoms with van der Waals surface area (Å²) in [4.78, 5) is 14.3. The normalized spacial score (nSPS) is 11.1. The Bertz CT molecular complexity index is 1130. The van der Waals surface area contributed by atoms with Crippen LogP contribution >= 0.6 is 23.1 Å². The molecule has 0 saturated heterocycles. The fraction of sp³-hybridized carbons (Fsp3) is 0.227. The maximum atomic E-state index is 13.0. The average Bonchev–Trinajstić information content (AvgIpc) is 3.43. The number of thiophene rings is 1. The molecule has 0 aliphatic heterocycles. The first-order valence-electron chi connectivity index (χ1n) is 9.37. The zero-order chi connectivity index (χ0) is 20.4. The smallest absolute Gasteiger partial charge is 0.196 e. The Morgan fingerprint density at radius 2 is 1.86 bits per heavy atom. The Morgan fingerprint density at radius 1 is 1.07 bits per heavy atom. The summed E-state index contributed by atoms with van der Waals surface area (Å²) < 4.78 is 4.19. The van der Waals surface area contributed by atoms with Crippen LogP contribution in [-0.2, 0) is 6.54 Å². The van der Waals surface area contributed by atoms with Crippen molar-refractivity contribution in [2.75, 3.05) is 5.75 Å². The van der Waals surface area contributed by atoms with Crippen molar-refractivity contribution in [2.24, 2.45) is 0 Å². The van der Waals surface area contributed by atoms with Gasteiger partial charge in [-0.3, -0.25) is 9.36 Å². The number of aryl methyl sites for hydroxylation is 2. The molecule has 3 heterocycles. The molecule has 0 N–H and O–H groups in total. The zero-order valence-electron chi connectivity index (χ0n) is 16.6. The van der Waals surface area contributed by atoms with Crippen LogP contribution < -0.4 is 0 Å². The number of para-hydroxylation sites is 1. The lowest BCUT2D eigenvalue weighted by Gasteiger charge is -2.09. The summed E-state index contributed by atoms with van der Waals surface area (Å²) >= 11 is 3.16. The van der Waals surface area contributed by atoms with Crippen LogP contribution in [0.15, 0.2) is 59.1 Å². The molecule has 0 saturated carbocycles. The molecule has 29 heavy (non-hydrogen) atoms. The molecule has 1 aromatic carbocycles. The Balaban J connectivity index is 1.52. The van der Waals surface area contributed by atoms with E-state index in [1.165, 1.54) is 16.6 Å². The van der Waals surface area contributed by atoms with Gasteiger partial charge in [0.1, 0.15) is 5.82 Å². The third-order valence-corrected chi connectivity index (χ3v) is 6.70. The van der Waals surface area contributed by atoms with Gasteiger partial charge < -0.3 is 4.57 Å². The van der Waals surface area contributed by atoms with Gasteiger partial charge in [0.15, 0.2) is 10.9 Å². The number of hydrogen-bond acceptors (Lipinski definition) is 5. The summed E-state index contributed by atoms with van der Waals surface area (Å²) in [5.74, 6) is 1.25. The van der Waals surface area contributed by atoms with E-state index in [1.807, 2.05) is 54.8 Å². The maximum Gasteiger partial charge on any atom is 0.196 e. The molecule has 0 aliphatic rings. The van der Waals surface area contributed by atoms with E-state index in [1.54, 1.807) is 11.3 Å². The summed E-state index contributed by atoms with van der Waals surface area (Å²) in [7, 11) is 0. The predicted octanol–water partition coefficient (Wildman–Crippen LogP) is 5.08. The van der Waals surface area contributed by atoms with E-state index in [2.05, 4.69) is 39.2 Å². The first-order chi connectivity index (χ1) is 14.0. The quantitative estimate of drug-likeness (QED) is 0.308. The van der Waals surface area contributed by atoms with Crippen LogP contribution in [0.4, 0.5) is 0 Å². The number of aromatic nitrogens is 4. The number of ketones is 1. The van der Waals surface area contributed by atoms with E-state index < -0.39 is 0 Å². The van der Waals surface area contributed by atoms with Gasteiger partial charge in [-0.05, 0) is 50.4 Å². The molecule has 0 radical (unpaired) electrons. The molecule has 0 spiro atoms. The molecule has 148 valence electrons. The van der Waals surface area contributed by atoms with Gasteiger partial charge in [-0.25, -0.2) is 0 Å². The number of thioether (sulfide) groups is 1. The second-order valence-electron chi connectivity index (χ2n) is 6.86. The van der Waals surface area contributed by atoms with Gasteiger partial charge in [0.2, 0.25) is 0 Å². The van der Waals surface area contributed by atoms with E-state index in [4.69, 9.17) is 0 Å². The molecular weight excluding hydrogens is 400 g/mol. The van der Waals surface area contributed by atoms with Crippen molar-refractivity contribution in [1.29, 1.82) is 0 Å². The summed E-state index contributed by atoms with van der Waals surface area (Å²) in [6.07, 6.45) is 0. The maximum absolute atomic E-state index is 13.0. The Hall–Kier alpha value is -2.64. The number of carbonyl (C=O) groups excluding carboxylic acids is 1. The van der Waals surface area contributed by atoms with Crippen LogP contribution in [0.25, 0.3) is 5.69 Å². The highest BCUT2D eigenvalue weighted by molar-refractivity contribution is 7.99. The molecule has 4 aromatic rings. The van der Waals surface area contributed by atoms with E-state index in [0.29, 0.717) is 5.75 Å². The average molecular weight is 423 g/mol. The van der Waals surface area contributed by atoms with E-state index in [-0.39, 0.29) is 5.78 Å². The second-order valence-corrected chi connectivity index (χ2v) is 8.84. The number of nitrogens with zero attached hydrogens (tertiary/aromatic N) is 4. The minimum Gasteiger partial charge on any atom is -0.343 e. The van der Waals surface area contributed by atoms with Gasteiger partial charge in [-0.15, -0.1) is 21.5 Å². The largest absolute Gasteiger partial charge is 0.343 e. The van der Waals surface area contributed by atoms with Gasteiger partial charge >= 0.3 is 0 Å². The molecule has 5 nitrogen and oxygen atoms in total. The van der Waals surface area contributed by atoms with Crippen molar-refractivity contribution in [3.63, 3.8) is 0 Å². The molecule has 0 aliphatic carbocycles. The summed E-state index contributed by atoms with van der Waals surface area (Å²) in [5.41, 5.74) is 3.91. The van der Waals surface area contributed by atoms with Crippen LogP contribution in [0.1, 0.15) is 32.4 Å². The summed E-state index contributed by atoms with van der Waals surface area (Å²) in [5, 5.41) is 11.3. The molecule has 0 amide bonds. The van der Waals surface area contributed by atoms with Crippen molar-refractivity contribution in [1.82, 2.24) is 19.3 Å². The van der Waals surface area contributed by atoms with E-state index in [0.717, 1.165) is 40.2 Å². The predicted molar refractivity (Wildman–Crippen MR) is 118 cm³/mol. The standard InChI is InChI=1S/C22H22N4OS2/c1-15-12-20(16(2)25(15)13-19-10-7-11-28-19)21(27)14-29-22-24-23-17(3)26(22)18-8-5-4-6-9-18/h4-12H,13-14H2,1-3H3. The fourth-order valence-corrected chi connectivity index (χ4v) is 4.98. The van der Waals surface area contributed by atoms with Crippen molar-refractivity contribution >= 4 is 28.9 Å². The van der Waals surface area contributed by atoms with Crippen LogP contribution in [0.5, 0.6) is 0 Å². The molecule has 3 aromatic heterocycles. The minimum absolute atomic E-state index is 0.112. The first kappa shape index (κ1) is 19.7. The molecule has 7 heteroatoms. The van der Waals surface area contributed by atoms with E-state index in [9.17, 15) is 4.79 Å². The highest BCUT2D eigenvalue weighted by Crippen LogP contribution is 2.25. The molecule has 0 bridgehead atoms. The Morgan fingerprint density at radius 3 is 2.59 bits per heavy atom. The lowest BCUT2D eigenvalue weighted by molar-refractivity contribution is 0.102. The molecule has 0 fully saturated rings. The number of Topliss-reactive ketones (excluding diaryl/α,β-unsaturated/α-hetero) is 1. The number of benzene rings is 1. The summed E-state index contributed by atoms with van der Waals surface area (Å²) in [6.45, 7) is 6.80. The highest BCUT2D eigenvalue weighted by Gasteiger charge is 2.18. The zero-order valence-corrected chi connectivity index (χ0v) is 18.3. The van der Waals surface area contributed by atoms with Gasteiger partial charge in [-0.2, -0.15) is 0 Å². The van der Waals surface area contributed by atoms with Gasteiger partial charge in [0.05, 0.1) is 12.3 Å². The van der Waals surface area contributed by atoms with E-state index >= 15 is 0 Å². The lowest BCUT2D eigenvalue weighted by atomic mass is 10.2. The van der Waals surface area contributed by atoms with Crippen molar-refractivity contribution in [3.05, 3.63) is 81.6 Å². The minimum atomic E-state index is 0.112. The molecule has 0 atom stereocenters.